The number of halogens is 17. The molecule has 11 nitrogen and oxygen atoms in total. The SMILES string of the molecule is O=C(CN1Cc2cnnn2CCCC[C@H]2CC(=O)N(C(=O)N2)c2cccc(c2)C1=O)OCCC(F)(F)C(F)(F)C(F)(F)C(F)(F)C(F)(F)C(F)(F)C(F)(F)C(F)(F)F. The van der Waals surface area contributed by atoms with E-state index in [0.29, 0.717) is 29.1 Å². The zero-order valence-corrected chi connectivity index (χ0v) is 28.5. The zero-order chi connectivity index (χ0) is 44.1. The highest BCUT2D eigenvalue weighted by atomic mass is 19.4. The van der Waals surface area contributed by atoms with Gasteiger partial charge in [0.05, 0.1) is 37.2 Å². The molecule has 1 N–H and O–H groups in total. The van der Waals surface area contributed by atoms with Crippen LogP contribution in [0.1, 0.15) is 48.2 Å². The number of hydrogen-bond acceptors (Lipinski definition) is 7. The van der Waals surface area contributed by atoms with E-state index in [1.807, 2.05) is 0 Å². The van der Waals surface area contributed by atoms with Crippen LogP contribution in [-0.2, 0) is 27.4 Å². The van der Waals surface area contributed by atoms with Gasteiger partial charge < -0.3 is 15.0 Å². The minimum atomic E-state index is -8.79. The number of hydrogen-bond donors (Lipinski definition) is 1. The molecule has 58 heavy (non-hydrogen) atoms. The number of nitrogens with one attached hydrogen (secondary N) is 1. The van der Waals surface area contributed by atoms with Crippen LogP contribution in [0.4, 0.5) is 85.1 Å². The first-order valence-corrected chi connectivity index (χ1v) is 16.1. The first kappa shape index (κ1) is 45.7. The number of fused-ring (bicyclic) bond motifs is 7. The standard InChI is InChI=1S/C30H25F17N6O5/c31-23(32,24(33,34)25(35,36)26(37,38)27(39,40)28(41,42)29(43,44)30(45,46)47)7-9-58-20(55)14-51-13-18-12-48-50-52(18)8-2-1-5-16-11-19(54)53(22(57)49-16)17-6-3-4-15(10-17)21(51)56/h3-4,6,10,12,16H,1-2,5,7-9,11,13-14H2,(H,49,57)/t16-/m0/s1. The van der Waals surface area contributed by atoms with E-state index in [1.54, 1.807) is 0 Å². The second kappa shape index (κ2) is 15.3. The summed E-state index contributed by atoms with van der Waals surface area (Å²) in [7, 11) is 0. The fraction of sp³-hybridized carbons (Fsp3) is 0.600. The molecule has 3 aliphatic rings. The quantitative estimate of drug-likeness (QED) is 0.193. The van der Waals surface area contributed by atoms with E-state index in [9.17, 15) is 93.8 Å². The molecule has 4 heterocycles. The monoisotopic (exact) mass is 872 g/mol. The first-order valence-electron chi connectivity index (χ1n) is 16.1. The van der Waals surface area contributed by atoms with Gasteiger partial charge >= 0.3 is 59.6 Å². The Morgan fingerprint density at radius 2 is 1.38 bits per heavy atom. The molecule has 4 bridgehead atoms. The van der Waals surface area contributed by atoms with Crippen LogP contribution in [-0.4, -0.2) is 111 Å². The molecule has 1 saturated heterocycles. The summed E-state index contributed by atoms with van der Waals surface area (Å²) in [6, 6.07) is 3.19. The third-order valence-electron chi connectivity index (χ3n) is 8.85. The number of ether oxygens (including phenoxy) is 1. The average Bonchev–Trinajstić information content (AvgIpc) is 3.54. The number of alkyl halides is 17. The predicted molar refractivity (Wildman–Crippen MR) is 156 cm³/mol. The van der Waals surface area contributed by atoms with Crippen LogP contribution in [0.2, 0.25) is 0 Å². The maximum absolute atomic E-state index is 14.4. The molecule has 28 heteroatoms. The number of benzene rings is 1. The summed E-state index contributed by atoms with van der Waals surface area (Å²) >= 11 is 0. The Hall–Kier alpha value is -4.95. The van der Waals surface area contributed by atoms with Gasteiger partial charge in [0.1, 0.15) is 6.54 Å². The summed E-state index contributed by atoms with van der Waals surface area (Å²) < 4.78 is 237. The number of rotatable bonds is 11. The van der Waals surface area contributed by atoms with Gasteiger partial charge in [0.25, 0.3) is 5.91 Å². The normalized spacial score (nSPS) is 18.6. The number of nitrogens with zero attached hydrogens (tertiary/aromatic N) is 5. The summed E-state index contributed by atoms with van der Waals surface area (Å²) in [4.78, 5) is 53.3. The van der Waals surface area contributed by atoms with Crippen molar-refractivity contribution in [2.24, 2.45) is 0 Å². The van der Waals surface area contributed by atoms with Gasteiger partial charge in [0.15, 0.2) is 0 Å². The fourth-order valence-electron chi connectivity index (χ4n) is 5.59. The van der Waals surface area contributed by atoms with Crippen LogP contribution in [0.25, 0.3) is 0 Å². The molecule has 3 aliphatic heterocycles. The van der Waals surface area contributed by atoms with Crippen molar-refractivity contribution in [3.63, 3.8) is 0 Å². The van der Waals surface area contributed by atoms with Crippen LogP contribution in [0.5, 0.6) is 0 Å². The second-order valence-corrected chi connectivity index (χ2v) is 12.9. The number of aryl methyl sites for hydroxylation is 1. The smallest absolute Gasteiger partial charge is 0.460 e. The summed E-state index contributed by atoms with van der Waals surface area (Å²) in [5.74, 6) is -61.4. The van der Waals surface area contributed by atoms with E-state index in [2.05, 4.69) is 20.4 Å². The van der Waals surface area contributed by atoms with Crippen molar-refractivity contribution in [3.8, 4) is 0 Å². The van der Waals surface area contributed by atoms with Gasteiger partial charge in [-0.05, 0) is 37.5 Å². The highest BCUT2D eigenvalue weighted by Crippen LogP contribution is 2.64. The Labute approximate surface area is 312 Å². The van der Waals surface area contributed by atoms with Gasteiger partial charge in [0, 0.05) is 24.6 Å². The number of aromatic nitrogens is 3. The van der Waals surface area contributed by atoms with Crippen molar-refractivity contribution in [3.05, 3.63) is 41.7 Å². The van der Waals surface area contributed by atoms with E-state index >= 15 is 0 Å². The van der Waals surface area contributed by atoms with E-state index in [0.717, 1.165) is 18.3 Å². The lowest BCUT2D eigenvalue weighted by atomic mass is 9.88. The molecule has 5 rings (SSSR count). The Kier molecular flexibility index (Phi) is 12.1. The van der Waals surface area contributed by atoms with Crippen LogP contribution < -0.4 is 10.2 Å². The molecular weight excluding hydrogens is 847 g/mol. The van der Waals surface area contributed by atoms with Gasteiger partial charge in [-0.1, -0.05) is 11.3 Å². The molecule has 1 atom stereocenters. The summed E-state index contributed by atoms with van der Waals surface area (Å²) in [5.41, 5.74) is -0.402. The largest absolute Gasteiger partial charge is 0.464 e. The maximum Gasteiger partial charge on any atom is 0.460 e. The van der Waals surface area contributed by atoms with Gasteiger partial charge in [-0.3, -0.25) is 14.4 Å². The third-order valence-corrected chi connectivity index (χ3v) is 8.85. The lowest BCUT2D eigenvalue weighted by Gasteiger charge is -2.42. The molecule has 0 aliphatic carbocycles. The lowest BCUT2D eigenvalue weighted by Crippen LogP contribution is -2.74. The first-order chi connectivity index (χ1) is 26.4. The number of carbonyl (C=O) groups excluding carboxylic acids is 4. The minimum absolute atomic E-state index is 0.0966. The Bertz CT molecular complexity index is 1870. The van der Waals surface area contributed by atoms with E-state index in [-0.39, 0.29) is 29.9 Å². The molecule has 0 unspecified atom stereocenters. The van der Waals surface area contributed by atoms with Crippen LogP contribution >= 0.6 is 0 Å². The van der Waals surface area contributed by atoms with Crippen LogP contribution in [0.15, 0.2) is 30.5 Å². The number of amides is 4. The summed E-state index contributed by atoms with van der Waals surface area (Å²) in [5, 5.41) is 10.1. The van der Waals surface area contributed by atoms with Crippen molar-refractivity contribution in [1.29, 1.82) is 0 Å². The fourth-order valence-corrected chi connectivity index (χ4v) is 5.59. The second-order valence-electron chi connectivity index (χ2n) is 12.9. The molecule has 4 amide bonds. The lowest BCUT2D eigenvalue weighted by molar-refractivity contribution is -0.461. The predicted octanol–water partition coefficient (Wildman–Crippen LogP) is 6.86. The molecular formula is C30H25F17N6O5. The zero-order valence-electron chi connectivity index (χ0n) is 28.5. The summed E-state index contributed by atoms with van der Waals surface area (Å²) in [6.07, 6.45) is -8.83. The molecule has 0 saturated carbocycles. The molecule has 0 radical (unpaired) electrons. The summed E-state index contributed by atoms with van der Waals surface area (Å²) in [6.45, 7) is -4.09. The van der Waals surface area contributed by atoms with Crippen LogP contribution in [0, 0.1) is 0 Å². The molecule has 2 aromatic rings. The van der Waals surface area contributed by atoms with Crippen molar-refractivity contribution in [2.75, 3.05) is 18.1 Å². The van der Waals surface area contributed by atoms with Crippen molar-refractivity contribution < 1.29 is 98.6 Å². The number of imide groups is 1. The van der Waals surface area contributed by atoms with E-state index in [1.165, 1.54) is 16.8 Å². The van der Waals surface area contributed by atoms with E-state index in [4.69, 9.17) is 0 Å². The third kappa shape index (κ3) is 7.80. The Balaban J connectivity index is 1.56. The Morgan fingerprint density at radius 1 is 0.793 bits per heavy atom. The minimum Gasteiger partial charge on any atom is -0.464 e. The number of carbonyl (C=O) groups is 4. The topological polar surface area (TPSA) is 127 Å². The van der Waals surface area contributed by atoms with Crippen LogP contribution in [0.3, 0.4) is 0 Å². The number of urea groups is 1. The maximum atomic E-state index is 14.4. The van der Waals surface area contributed by atoms with Crippen molar-refractivity contribution in [2.45, 2.75) is 98.9 Å². The van der Waals surface area contributed by atoms with E-state index < -0.39 is 104 Å². The van der Waals surface area contributed by atoms with Gasteiger partial charge in [0.2, 0.25) is 5.91 Å². The molecule has 1 fully saturated rings. The molecule has 0 spiro atoms. The van der Waals surface area contributed by atoms with Crippen molar-refractivity contribution >= 4 is 29.5 Å². The number of esters is 1. The number of anilines is 1. The highest BCUT2D eigenvalue weighted by molar-refractivity contribution is 6.16. The molecule has 324 valence electrons. The van der Waals surface area contributed by atoms with Gasteiger partial charge in [-0.15, -0.1) is 5.10 Å². The van der Waals surface area contributed by atoms with Crippen molar-refractivity contribution in [1.82, 2.24) is 25.2 Å². The average molecular weight is 873 g/mol. The molecule has 1 aromatic heterocycles. The highest BCUT2D eigenvalue weighted by Gasteiger charge is 2.95. The molecule has 1 aromatic carbocycles. The Morgan fingerprint density at radius 3 is 1.97 bits per heavy atom. The van der Waals surface area contributed by atoms with Gasteiger partial charge in [-0.25, -0.2) is 14.4 Å². The van der Waals surface area contributed by atoms with Gasteiger partial charge in [-0.2, -0.15) is 74.6 Å².